The molecule has 3 unspecified atom stereocenters. The molecule has 3 atom stereocenters. The van der Waals surface area contributed by atoms with Crippen molar-refractivity contribution in [1.82, 2.24) is 5.32 Å². The number of ether oxygens (including phenoxy) is 1. The molecule has 348 valence electrons. The molecule has 0 spiro atoms. The highest BCUT2D eigenvalue weighted by Gasteiger charge is 2.24. The van der Waals surface area contributed by atoms with Gasteiger partial charge < -0.3 is 20.3 Å². The number of esters is 1. The molecule has 6 heteroatoms. The van der Waals surface area contributed by atoms with Crippen molar-refractivity contribution in [3.05, 3.63) is 24.3 Å². The second kappa shape index (κ2) is 47.4. The van der Waals surface area contributed by atoms with Crippen LogP contribution in [0.5, 0.6) is 0 Å². The number of hydrogen-bond acceptors (Lipinski definition) is 5. The van der Waals surface area contributed by atoms with E-state index in [1.807, 2.05) is 0 Å². The Labute approximate surface area is 367 Å². The van der Waals surface area contributed by atoms with Gasteiger partial charge in [0, 0.05) is 6.42 Å². The van der Waals surface area contributed by atoms with Crippen LogP contribution in [-0.4, -0.2) is 46.9 Å². The maximum atomic E-state index is 13.2. The monoisotopic (exact) mass is 832 g/mol. The summed E-state index contributed by atoms with van der Waals surface area (Å²) in [6.07, 6.45) is 53.8. The summed E-state index contributed by atoms with van der Waals surface area (Å²) in [6.45, 7) is 6.48. The van der Waals surface area contributed by atoms with Crippen molar-refractivity contribution >= 4 is 11.9 Å². The van der Waals surface area contributed by atoms with E-state index in [0.29, 0.717) is 19.3 Å². The smallest absolute Gasteiger partial charge is 0.306 e. The molecule has 0 heterocycles. The maximum Gasteiger partial charge on any atom is 0.306 e. The number of carbonyl (C=O) groups excluding carboxylic acids is 2. The van der Waals surface area contributed by atoms with Gasteiger partial charge in [-0.05, 0) is 51.4 Å². The predicted octanol–water partition coefficient (Wildman–Crippen LogP) is 15.5. The summed E-state index contributed by atoms with van der Waals surface area (Å²) in [6, 6.07) is -0.701. The minimum Gasteiger partial charge on any atom is -0.462 e. The van der Waals surface area contributed by atoms with E-state index in [1.165, 1.54) is 173 Å². The lowest BCUT2D eigenvalue weighted by molar-refractivity contribution is -0.151. The van der Waals surface area contributed by atoms with Crippen molar-refractivity contribution in [3.63, 3.8) is 0 Å². The van der Waals surface area contributed by atoms with Crippen molar-refractivity contribution in [2.75, 3.05) is 6.61 Å². The Balaban J connectivity index is 4.57. The second-order valence-electron chi connectivity index (χ2n) is 18.0. The number of aliphatic hydroxyl groups is 2. The zero-order valence-electron chi connectivity index (χ0n) is 39.7. The van der Waals surface area contributed by atoms with Gasteiger partial charge >= 0.3 is 5.97 Å². The molecular formula is C53H101NO5. The second-order valence-corrected chi connectivity index (χ2v) is 18.0. The van der Waals surface area contributed by atoms with Gasteiger partial charge in [0.25, 0.3) is 0 Å². The van der Waals surface area contributed by atoms with Gasteiger partial charge in [0.05, 0.1) is 25.2 Å². The summed E-state index contributed by atoms with van der Waals surface area (Å²) in [5.74, 6) is -0.492. The molecule has 0 rings (SSSR count). The topological polar surface area (TPSA) is 95.9 Å². The van der Waals surface area contributed by atoms with E-state index in [9.17, 15) is 19.8 Å². The van der Waals surface area contributed by atoms with Gasteiger partial charge in [-0.15, -0.1) is 0 Å². The van der Waals surface area contributed by atoms with E-state index in [2.05, 4.69) is 50.4 Å². The van der Waals surface area contributed by atoms with Crippen LogP contribution in [0.15, 0.2) is 24.3 Å². The van der Waals surface area contributed by atoms with Gasteiger partial charge in [0.15, 0.2) is 0 Å². The van der Waals surface area contributed by atoms with Crippen molar-refractivity contribution in [3.8, 4) is 0 Å². The Hall–Kier alpha value is -1.66. The van der Waals surface area contributed by atoms with Crippen LogP contribution in [0.25, 0.3) is 0 Å². The molecule has 0 aliphatic heterocycles. The average molecular weight is 832 g/mol. The normalized spacial score (nSPS) is 13.4. The molecule has 0 aliphatic carbocycles. The van der Waals surface area contributed by atoms with Crippen LogP contribution < -0.4 is 5.32 Å². The number of unbranched alkanes of at least 4 members (excludes halogenated alkanes) is 32. The number of carbonyl (C=O) groups is 2. The first-order valence-corrected chi connectivity index (χ1v) is 26.1. The third-order valence-electron chi connectivity index (χ3n) is 12.1. The molecular weight excluding hydrogens is 731 g/mol. The van der Waals surface area contributed by atoms with Gasteiger partial charge in [-0.2, -0.15) is 0 Å². The van der Waals surface area contributed by atoms with Crippen LogP contribution in [0.4, 0.5) is 0 Å². The highest BCUT2D eigenvalue weighted by atomic mass is 16.5. The van der Waals surface area contributed by atoms with Crippen molar-refractivity contribution in [2.45, 2.75) is 296 Å². The number of aliphatic hydroxyl groups excluding tert-OH is 2. The summed E-state index contributed by atoms with van der Waals surface area (Å²) >= 11 is 0. The number of amides is 1. The van der Waals surface area contributed by atoms with E-state index in [0.717, 1.165) is 57.8 Å². The van der Waals surface area contributed by atoms with Crippen molar-refractivity contribution in [1.29, 1.82) is 0 Å². The number of nitrogens with one attached hydrogen (secondary N) is 1. The fourth-order valence-corrected chi connectivity index (χ4v) is 8.07. The van der Waals surface area contributed by atoms with Gasteiger partial charge in [-0.3, -0.25) is 9.59 Å². The lowest BCUT2D eigenvalue weighted by Crippen LogP contribution is -2.46. The van der Waals surface area contributed by atoms with Gasteiger partial charge in [-0.1, -0.05) is 238 Å². The summed E-state index contributed by atoms with van der Waals surface area (Å²) in [5.41, 5.74) is 0. The van der Waals surface area contributed by atoms with E-state index >= 15 is 0 Å². The van der Waals surface area contributed by atoms with Gasteiger partial charge in [0.1, 0.15) is 6.10 Å². The van der Waals surface area contributed by atoms with Crippen LogP contribution in [0.2, 0.25) is 0 Å². The molecule has 0 bridgehead atoms. The number of allylic oxidation sites excluding steroid dienone is 4. The molecule has 0 radical (unpaired) electrons. The van der Waals surface area contributed by atoms with Crippen LogP contribution in [0, 0.1) is 0 Å². The highest BCUT2D eigenvalue weighted by molar-refractivity contribution is 5.77. The highest BCUT2D eigenvalue weighted by Crippen LogP contribution is 2.18. The summed E-state index contributed by atoms with van der Waals surface area (Å²) < 4.78 is 5.92. The molecule has 0 aromatic carbocycles. The lowest BCUT2D eigenvalue weighted by Gasteiger charge is -2.24. The van der Waals surface area contributed by atoms with Crippen LogP contribution in [-0.2, 0) is 14.3 Å². The molecule has 0 fully saturated rings. The lowest BCUT2D eigenvalue weighted by atomic mass is 10.0. The number of hydrogen-bond donors (Lipinski definition) is 3. The van der Waals surface area contributed by atoms with Crippen LogP contribution in [0.1, 0.15) is 278 Å². The Kier molecular flexibility index (Phi) is 46.1. The third-order valence-corrected chi connectivity index (χ3v) is 12.1. The summed E-state index contributed by atoms with van der Waals surface area (Å²) in [7, 11) is 0. The average Bonchev–Trinajstić information content (AvgIpc) is 3.23. The van der Waals surface area contributed by atoms with Gasteiger partial charge in [0.2, 0.25) is 5.91 Å². The molecule has 0 saturated carbocycles. The molecule has 59 heavy (non-hydrogen) atoms. The minimum absolute atomic E-state index is 0.0723. The maximum absolute atomic E-state index is 13.2. The zero-order chi connectivity index (χ0) is 43.1. The fraction of sp³-hybridized carbons (Fsp3) is 0.887. The standard InChI is InChI=1S/C53H101NO5/c1-4-7-10-13-16-19-22-25-26-27-28-31-34-37-40-43-46-53(58)59-49(44-41-38-35-32-29-23-20-17-14-11-8-5-2)47-52(57)54-50(48-55)51(56)45-42-39-36-33-30-24-21-18-15-12-9-6-3/h26-28,31,49-51,55-56H,4-25,29-30,32-48H2,1-3H3,(H,54,57)/b27-26+,31-28+. The Bertz CT molecular complexity index is 935. The molecule has 0 saturated heterocycles. The Morgan fingerprint density at radius 1 is 0.492 bits per heavy atom. The minimum atomic E-state index is -0.787. The van der Waals surface area contributed by atoms with Gasteiger partial charge in [-0.25, -0.2) is 0 Å². The van der Waals surface area contributed by atoms with E-state index in [1.54, 1.807) is 0 Å². The quantitative estimate of drug-likeness (QED) is 0.0322. The predicted molar refractivity (Wildman–Crippen MR) is 255 cm³/mol. The number of rotatable bonds is 47. The summed E-state index contributed by atoms with van der Waals surface area (Å²) in [4.78, 5) is 26.1. The molecule has 0 aliphatic rings. The largest absolute Gasteiger partial charge is 0.462 e. The molecule has 6 nitrogen and oxygen atoms in total. The SMILES string of the molecule is CCCCCCCCC/C=C/C=C/CCCCCC(=O)OC(CCCCCCCCCCCCCC)CC(=O)NC(CO)C(O)CCCCCCCCCCCCCC. The molecule has 1 amide bonds. The zero-order valence-corrected chi connectivity index (χ0v) is 39.7. The first-order valence-electron chi connectivity index (χ1n) is 26.1. The van der Waals surface area contributed by atoms with Crippen molar-refractivity contribution < 1.29 is 24.5 Å². The van der Waals surface area contributed by atoms with E-state index in [4.69, 9.17) is 4.74 Å². The Morgan fingerprint density at radius 2 is 0.847 bits per heavy atom. The van der Waals surface area contributed by atoms with Crippen LogP contribution in [0.3, 0.4) is 0 Å². The first-order chi connectivity index (χ1) is 29.0. The molecule has 0 aromatic rings. The van der Waals surface area contributed by atoms with E-state index in [-0.39, 0.29) is 24.9 Å². The van der Waals surface area contributed by atoms with E-state index < -0.39 is 18.2 Å². The van der Waals surface area contributed by atoms with Crippen molar-refractivity contribution in [2.24, 2.45) is 0 Å². The molecule has 3 N–H and O–H groups in total. The molecule has 0 aromatic heterocycles. The fourth-order valence-electron chi connectivity index (χ4n) is 8.07. The Morgan fingerprint density at radius 3 is 1.25 bits per heavy atom. The summed E-state index contributed by atoms with van der Waals surface area (Å²) in [5, 5.41) is 23.7. The first kappa shape index (κ1) is 57.3. The van der Waals surface area contributed by atoms with Crippen LogP contribution >= 0.6 is 0 Å². The third kappa shape index (κ3) is 42.8.